The minimum atomic E-state index is -0.646. The van der Waals surface area contributed by atoms with Gasteiger partial charge in [-0.2, -0.15) is 0 Å². The Balaban J connectivity index is 4.11. The fourth-order valence-corrected chi connectivity index (χ4v) is 0.416. The highest BCUT2D eigenvalue weighted by atomic mass is 16.6. The van der Waals surface area contributed by atoms with Crippen molar-refractivity contribution in [2.24, 2.45) is 0 Å². The molecule has 0 amide bonds. The number of hydrogen-bond acceptors (Lipinski definition) is 2. The molecule has 0 radical (unpaired) electrons. The second-order valence-electron chi connectivity index (χ2n) is 4.39. The first-order valence-corrected chi connectivity index (χ1v) is 3.72. The standard InChI is InChI=1S/C8H17NO2/c1-7(2,3)11-6(10)8(4,5)9/h9H2,1-5H3/p+1. The van der Waals surface area contributed by atoms with Crippen molar-refractivity contribution in [2.45, 2.75) is 45.8 Å². The van der Waals surface area contributed by atoms with E-state index >= 15 is 0 Å². The molecule has 0 atom stereocenters. The van der Waals surface area contributed by atoms with Gasteiger partial charge in [-0.3, -0.25) is 0 Å². The quantitative estimate of drug-likeness (QED) is 0.563. The lowest BCUT2D eigenvalue weighted by atomic mass is 10.1. The van der Waals surface area contributed by atoms with Crippen LogP contribution in [0.5, 0.6) is 0 Å². The number of carbonyl (C=O) groups excluding carboxylic acids is 1. The lowest BCUT2D eigenvalue weighted by Gasteiger charge is -2.23. The van der Waals surface area contributed by atoms with E-state index in [-0.39, 0.29) is 5.97 Å². The van der Waals surface area contributed by atoms with Crippen LogP contribution in [0.1, 0.15) is 34.6 Å². The fraction of sp³-hybridized carbons (Fsp3) is 0.875. The second-order valence-corrected chi connectivity index (χ2v) is 4.39. The van der Waals surface area contributed by atoms with Crippen LogP contribution in [0.4, 0.5) is 0 Å². The summed E-state index contributed by atoms with van der Waals surface area (Å²) in [5.41, 5.74) is 2.62. The Morgan fingerprint density at radius 2 is 1.55 bits per heavy atom. The summed E-state index contributed by atoms with van der Waals surface area (Å²) in [6.45, 7) is 9.01. The number of quaternary nitrogens is 1. The third-order valence-electron chi connectivity index (χ3n) is 0.951. The highest BCUT2D eigenvalue weighted by molar-refractivity contribution is 5.78. The molecule has 0 heterocycles. The minimum Gasteiger partial charge on any atom is -0.455 e. The number of rotatable bonds is 1. The Morgan fingerprint density at radius 3 is 1.64 bits per heavy atom. The zero-order valence-corrected chi connectivity index (χ0v) is 8.02. The van der Waals surface area contributed by atoms with Crippen LogP contribution in [-0.4, -0.2) is 17.1 Å². The van der Waals surface area contributed by atoms with Gasteiger partial charge in [-0.15, -0.1) is 0 Å². The van der Waals surface area contributed by atoms with Crippen molar-refractivity contribution < 1.29 is 15.3 Å². The number of hydrogen-bond donors (Lipinski definition) is 1. The van der Waals surface area contributed by atoms with Gasteiger partial charge < -0.3 is 10.5 Å². The van der Waals surface area contributed by atoms with Gasteiger partial charge in [0, 0.05) is 13.8 Å². The van der Waals surface area contributed by atoms with E-state index in [0.717, 1.165) is 0 Å². The molecule has 66 valence electrons. The first-order chi connectivity index (χ1) is 4.63. The highest BCUT2D eigenvalue weighted by Gasteiger charge is 2.31. The summed E-state index contributed by atoms with van der Waals surface area (Å²) in [7, 11) is 0. The molecule has 3 heteroatoms. The second kappa shape index (κ2) is 2.81. The van der Waals surface area contributed by atoms with E-state index in [0.29, 0.717) is 0 Å². The molecule has 0 aromatic carbocycles. The average molecular weight is 160 g/mol. The van der Waals surface area contributed by atoms with E-state index in [9.17, 15) is 4.79 Å². The molecule has 0 aliphatic carbocycles. The van der Waals surface area contributed by atoms with Gasteiger partial charge in [-0.05, 0) is 20.8 Å². The van der Waals surface area contributed by atoms with Crippen LogP contribution in [0, 0.1) is 0 Å². The molecule has 11 heavy (non-hydrogen) atoms. The van der Waals surface area contributed by atoms with E-state index in [2.05, 4.69) is 5.73 Å². The van der Waals surface area contributed by atoms with Gasteiger partial charge in [0.25, 0.3) is 0 Å². The van der Waals surface area contributed by atoms with Crippen LogP contribution >= 0.6 is 0 Å². The molecule has 0 saturated heterocycles. The molecule has 0 spiro atoms. The molecule has 0 rings (SSSR count). The van der Waals surface area contributed by atoms with E-state index in [1.165, 1.54) is 0 Å². The molecule has 0 aliphatic rings. The molecule has 3 nitrogen and oxygen atoms in total. The van der Waals surface area contributed by atoms with Crippen molar-refractivity contribution in [2.75, 3.05) is 0 Å². The molecule has 0 aromatic rings. The van der Waals surface area contributed by atoms with Crippen LogP contribution in [0.25, 0.3) is 0 Å². The maximum absolute atomic E-state index is 11.2. The Kier molecular flexibility index (Phi) is 2.67. The van der Waals surface area contributed by atoms with Gasteiger partial charge in [0.15, 0.2) is 5.54 Å². The summed E-state index contributed by atoms with van der Waals surface area (Å²) >= 11 is 0. The fourth-order valence-electron chi connectivity index (χ4n) is 0.416. The van der Waals surface area contributed by atoms with Crippen LogP contribution in [0.15, 0.2) is 0 Å². The largest absolute Gasteiger partial charge is 0.455 e. The molecule has 0 fully saturated rings. The van der Waals surface area contributed by atoms with Gasteiger partial charge >= 0.3 is 5.97 Å². The summed E-state index contributed by atoms with van der Waals surface area (Å²) in [6, 6.07) is 0. The minimum absolute atomic E-state index is 0.259. The van der Waals surface area contributed by atoms with Crippen LogP contribution < -0.4 is 5.73 Å². The predicted octanol–water partition coefficient (Wildman–Crippen LogP) is 0.349. The predicted molar refractivity (Wildman–Crippen MR) is 42.8 cm³/mol. The third-order valence-corrected chi connectivity index (χ3v) is 0.951. The molecule has 0 aromatic heterocycles. The molecule has 3 N–H and O–H groups in total. The van der Waals surface area contributed by atoms with Gasteiger partial charge in [-0.1, -0.05) is 0 Å². The summed E-state index contributed by atoms with van der Waals surface area (Å²) in [4.78, 5) is 11.2. The van der Waals surface area contributed by atoms with E-state index in [1.54, 1.807) is 13.8 Å². The summed E-state index contributed by atoms with van der Waals surface area (Å²) in [5.74, 6) is -0.259. The topological polar surface area (TPSA) is 53.9 Å². The molecular formula is C8H18NO2+. The summed E-state index contributed by atoms with van der Waals surface area (Å²) in [5, 5.41) is 0. The van der Waals surface area contributed by atoms with Crippen molar-refractivity contribution in [1.82, 2.24) is 0 Å². The van der Waals surface area contributed by atoms with Gasteiger partial charge in [0.2, 0.25) is 0 Å². The number of esters is 1. The Morgan fingerprint density at radius 1 is 1.18 bits per heavy atom. The molecule has 0 unspecified atom stereocenters. The van der Waals surface area contributed by atoms with Crippen molar-refractivity contribution in [3.05, 3.63) is 0 Å². The Hall–Kier alpha value is -0.570. The lowest BCUT2D eigenvalue weighted by Crippen LogP contribution is -2.74. The van der Waals surface area contributed by atoms with Crippen molar-refractivity contribution >= 4 is 5.97 Å². The van der Waals surface area contributed by atoms with Crippen molar-refractivity contribution in [3.8, 4) is 0 Å². The molecule has 0 bridgehead atoms. The smallest absolute Gasteiger partial charge is 0.367 e. The van der Waals surface area contributed by atoms with Gasteiger partial charge in [-0.25, -0.2) is 4.79 Å². The average Bonchev–Trinajstić information content (AvgIpc) is 1.56. The maximum Gasteiger partial charge on any atom is 0.367 e. The Labute approximate surface area is 67.9 Å². The SMILES string of the molecule is CC(C)(C)OC(=O)C(C)(C)[NH3+]. The monoisotopic (exact) mass is 160 g/mol. The van der Waals surface area contributed by atoms with E-state index in [4.69, 9.17) is 4.74 Å². The van der Waals surface area contributed by atoms with Crippen molar-refractivity contribution in [3.63, 3.8) is 0 Å². The summed E-state index contributed by atoms with van der Waals surface area (Å²) in [6.07, 6.45) is 0. The molecule has 0 aliphatic heterocycles. The first-order valence-electron chi connectivity index (χ1n) is 3.72. The van der Waals surface area contributed by atoms with Crippen molar-refractivity contribution in [1.29, 1.82) is 0 Å². The number of ether oxygens (including phenoxy) is 1. The normalized spacial score (nSPS) is 12.9. The highest BCUT2D eigenvalue weighted by Crippen LogP contribution is 2.10. The van der Waals surface area contributed by atoms with Crippen LogP contribution in [0.2, 0.25) is 0 Å². The van der Waals surface area contributed by atoms with Crippen LogP contribution in [0.3, 0.4) is 0 Å². The molecular weight excluding hydrogens is 142 g/mol. The van der Waals surface area contributed by atoms with Crippen LogP contribution in [-0.2, 0) is 9.53 Å². The van der Waals surface area contributed by atoms with Gasteiger partial charge in [0.1, 0.15) is 5.60 Å². The summed E-state index contributed by atoms with van der Waals surface area (Å²) < 4.78 is 5.10. The van der Waals surface area contributed by atoms with Gasteiger partial charge in [0.05, 0.1) is 0 Å². The molecule has 0 saturated carbocycles. The first kappa shape index (κ1) is 10.4. The maximum atomic E-state index is 11.2. The number of carbonyl (C=O) groups is 1. The zero-order valence-electron chi connectivity index (χ0n) is 8.02. The van der Waals surface area contributed by atoms with E-state index < -0.39 is 11.1 Å². The Bertz CT molecular complexity index is 150. The third kappa shape index (κ3) is 4.79. The van der Waals surface area contributed by atoms with E-state index in [1.807, 2.05) is 20.8 Å². The zero-order chi connectivity index (χ0) is 9.28. The lowest BCUT2D eigenvalue weighted by molar-refractivity contribution is -0.451.